The third-order valence-electron chi connectivity index (χ3n) is 3.34. The summed E-state index contributed by atoms with van der Waals surface area (Å²) in [6.45, 7) is 6.07. The fraction of sp³-hybridized carbons (Fsp3) is 0.571. The first kappa shape index (κ1) is 12.4. The van der Waals surface area contributed by atoms with E-state index in [1.807, 2.05) is 13.0 Å². The Morgan fingerprint density at radius 3 is 2.71 bits per heavy atom. The van der Waals surface area contributed by atoms with Crippen LogP contribution in [-0.2, 0) is 6.42 Å². The number of hydrogen-bond donors (Lipinski definition) is 1. The zero-order valence-electron chi connectivity index (χ0n) is 10.7. The smallest absolute Gasteiger partial charge is 0.123 e. The average molecular weight is 237 g/mol. The van der Waals surface area contributed by atoms with Crippen LogP contribution in [0, 0.1) is 5.82 Å². The number of rotatable bonds is 3. The van der Waals surface area contributed by atoms with Gasteiger partial charge in [-0.05, 0) is 57.4 Å². The largest absolute Gasteiger partial charge is 0.393 e. The van der Waals surface area contributed by atoms with Gasteiger partial charge in [-0.3, -0.25) is 0 Å². The van der Waals surface area contributed by atoms with Crippen molar-refractivity contribution in [1.82, 2.24) is 0 Å². The van der Waals surface area contributed by atoms with Crippen LogP contribution in [0.1, 0.15) is 32.8 Å². The molecule has 0 fully saturated rings. The zero-order chi connectivity index (χ0) is 12.6. The van der Waals surface area contributed by atoms with Crippen molar-refractivity contribution in [3.8, 4) is 0 Å². The lowest BCUT2D eigenvalue weighted by Gasteiger charge is -2.32. The Morgan fingerprint density at radius 2 is 2.12 bits per heavy atom. The van der Waals surface area contributed by atoms with E-state index in [9.17, 15) is 9.50 Å². The van der Waals surface area contributed by atoms with Gasteiger partial charge in [0.2, 0.25) is 0 Å². The molecular weight excluding hydrogens is 217 g/mol. The zero-order valence-corrected chi connectivity index (χ0v) is 10.7. The SMILES string of the molecule is CC(O)CC1Cc2cc(F)ccc2N1C(C)C. The Hall–Kier alpha value is -1.09. The molecular formula is C14H20FNO. The Bertz CT molecular complexity index is 403. The minimum absolute atomic E-state index is 0.176. The number of hydrogen-bond acceptors (Lipinski definition) is 2. The van der Waals surface area contributed by atoms with Crippen LogP contribution < -0.4 is 4.90 Å². The van der Waals surface area contributed by atoms with Crippen LogP contribution in [0.25, 0.3) is 0 Å². The van der Waals surface area contributed by atoms with E-state index in [-0.39, 0.29) is 18.0 Å². The van der Waals surface area contributed by atoms with E-state index in [2.05, 4.69) is 18.7 Å². The standard InChI is InChI=1S/C14H20FNO/c1-9(2)16-13(6-10(3)17)8-11-7-12(15)4-5-14(11)16/h4-5,7,9-10,13,17H,6,8H2,1-3H3. The first-order valence-electron chi connectivity index (χ1n) is 6.24. The minimum Gasteiger partial charge on any atom is -0.393 e. The van der Waals surface area contributed by atoms with Crippen LogP contribution in [0.5, 0.6) is 0 Å². The summed E-state index contributed by atoms with van der Waals surface area (Å²) < 4.78 is 13.2. The first-order valence-corrected chi connectivity index (χ1v) is 6.24. The fourth-order valence-electron chi connectivity index (χ4n) is 2.81. The maximum Gasteiger partial charge on any atom is 0.123 e. The molecule has 2 nitrogen and oxygen atoms in total. The number of halogens is 1. The second-order valence-corrected chi connectivity index (χ2v) is 5.22. The van der Waals surface area contributed by atoms with Crippen LogP contribution in [0.15, 0.2) is 18.2 Å². The summed E-state index contributed by atoms with van der Waals surface area (Å²) >= 11 is 0. The van der Waals surface area contributed by atoms with Gasteiger partial charge in [0.15, 0.2) is 0 Å². The Kier molecular flexibility index (Phi) is 3.38. The summed E-state index contributed by atoms with van der Waals surface area (Å²) in [4.78, 5) is 2.29. The van der Waals surface area contributed by atoms with Gasteiger partial charge in [-0.15, -0.1) is 0 Å². The van der Waals surface area contributed by atoms with Gasteiger partial charge < -0.3 is 10.0 Å². The van der Waals surface area contributed by atoms with Crippen molar-refractivity contribution in [2.75, 3.05) is 4.90 Å². The molecule has 2 rings (SSSR count). The van der Waals surface area contributed by atoms with Crippen LogP contribution in [0.4, 0.5) is 10.1 Å². The molecule has 1 aromatic carbocycles. The molecule has 1 aliphatic rings. The molecule has 2 atom stereocenters. The van der Waals surface area contributed by atoms with Crippen molar-refractivity contribution >= 4 is 5.69 Å². The summed E-state index contributed by atoms with van der Waals surface area (Å²) in [5.41, 5.74) is 2.18. The van der Waals surface area contributed by atoms with Gasteiger partial charge in [-0.25, -0.2) is 4.39 Å². The number of anilines is 1. The Balaban J connectivity index is 2.30. The van der Waals surface area contributed by atoms with E-state index in [4.69, 9.17) is 0 Å². The van der Waals surface area contributed by atoms with Crippen molar-refractivity contribution < 1.29 is 9.50 Å². The van der Waals surface area contributed by atoms with E-state index >= 15 is 0 Å². The number of fused-ring (bicyclic) bond motifs is 1. The molecule has 0 bridgehead atoms. The van der Waals surface area contributed by atoms with Gasteiger partial charge in [0.1, 0.15) is 5.82 Å². The van der Waals surface area contributed by atoms with E-state index in [0.717, 1.165) is 24.1 Å². The third kappa shape index (κ3) is 2.44. The molecule has 1 aromatic rings. The summed E-state index contributed by atoms with van der Waals surface area (Å²) in [6, 6.07) is 5.63. The lowest BCUT2D eigenvalue weighted by Crippen LogP contribution is -2.39. The number of aliphatic hydroxyl groups is 1. The van der Waals surface area contributed by atoms with Crippen molar-refractivity contribution in [3.05, 3.63) is 29.6 Å². The van der Waals surface area contributed by atoms with Crippen molar-refractivity contribution in [2.24, 2.45) is 0 Å². The highest BCUT2D eigenvalue weighted by molar-refractivity contribution is 5.60. The molecule has 0 saturated heterocycles. The van der Waals surface area contributed by atoms with E-state index in [1.54, 1.807) is 6.07 Å². The molecule has 94 valence electrons. The maximum absolute atomic E-state index is 13.2. The van der Waals surface area contributed by atoms with Crippen molar-refractivity contribution in [3.63, 3.8) is 0 Å². The molecule has 2 unspecified atom stereocenters. The lowest BCUT2D eigenvalue weighted by atomic mass is 10.0. The van der Waals surface area contributed by atoms with E-state index in [0.29, 0.717) is 6.04 Å². The normalized spacial score (nSPS) is 20.8. The van der Waals surface area contributed by atoms with Crippen LogP contribution in [0.3, 0.4) is 0 Å². The molecule has 0 saturated carbocycles. The molecule has 1 N–H and O–H groups in total. The third-order valence-corrected chi connectivity index (χ3v) is 3.34. The number of aliphatic hydroxyl groups excluding tert-OH is 1. The quantitative estimate of drug-likeness (QED) is 0.873. The highest BCUT2D eigenvalue weighted by Crippen LogP contribution is 2.35. The van der Waals surface area contributed by atoms with Gasteiger partial charge in [0.25, 0.3) is 0 Å². The second kappa shape index (κ2) is 4.65. The fourth-order valence-corrected chi connectivity index (χ4v) is 2.81. The second-order valence-electron chi connectivity index (χ2n) is 5.22. The summed E-state index contributed by atoms with van der Waals surface area (Å²) in [5.74, 6) is -0.176. The lowest BCUT2D eigenvalue weighted by molar-refractivity contribution is 0.173. The predicted molar refractivity (Wildman–Crippen MR) is 67.8 cm³/mol. The number of benzene rings is 1. The molecule has 3 heteroatoms. The van der Waals surface area contributed by atoms with Gasteiger partial charge in [-0.2, -0.15) is 0 Å². The minimum atomic E-state index is -0.319. The highest BCUT2D eigenvalue weighted by Gasteiger charge is 2.31. The maximum atomic E-state index is 13.2. The highest BCUT2D eigenvalue weighted by atomic mass is 19.1. The Labute approximate surface area is 102 Å². The predicted octanol–water partition coefficient (Wildman–Crippen LogP) is 2.74. The van der Waals surface area contributed by atoms with E-state index in [1.165, 1.54) is 6.07 Å². The topological polar surface area (TPSA) is 23.5 Å². The summed E-state index contributed by atoms with van der Waals surface area (Å²) in [7, 11) is 0. The molecule has 0 radical (unpaired) electrons. The van der Waals surface area contributed by atoms with Crippen LogP contribution in [-0.4, -0.2) is 23.3 Å². The molecule has 0 aromatic heterocycles. The first-order chi connectivity index (χ1) is 7.99. The van der Waals surface area contributed by atoms with Crippen LogP contribution >= 0.6 is 0 Å². The average Bonchev–Trinajstić information content (AvgIpc) is 2.53. The summed E-state index contributed by atoms with van der Waals surface area (Å²) in [6.07, 6.45) is 1.24. The van der Waals surface area contributed by atoms with Gasteiger partial charge >= 0.3 is 0 Å². The van der Waals surface area contributed by atoms with E-state index < -0.39 is 0 Å². The Morgan fingerprint density at radius 1 is 1.41 bits per heavy atom. The molecule has 0 amide bonds. The van der Waals surface area contributed by atoms with Crippen molar-refractivity contribution in [1.29, 1.82) is 0 Å². The van der Waals surface area contributed by atoms with Gasteiger partial charge in [-0.1, -0.05) is 0 Å². The molecule has 1 heterocycles. The summed E-state index contributed by atoms with van der Waals surface area (Å²) in [5, 5.41) is 9.55. The number of nitrogens with zero attached hydrogens (tertiary/aromatic N) is 1. The molecule has 0 spiro atoms. The van der Waals surface area contributed by atoms with Gasteiger partial charge in [0.05, 0.1) is 6.10 Å². The van der Waals surface area contributed by atoms with Gasteiger partial charge in [0, 0.05) is 17.8 Å². The van der Waals surface area contributed by atoms with Crippen LogP contribution in [0.2, 0.25) is 0 Å². The monoisotopic (exact) mass is 237 g/mol. The molecule has 0 aliphatic carbocycles. The molecule has 1 aliphatic heterocycles. The van der Waals surface area contributed by atoms with Crippen molar-refractivity contribution in [2.45, 2.75) is 51.8 Å². The molecule has 17 heavy (non-hydrogen) atoms.